The van der Waals surface area contributed by atoms with Crippen molar-refractivity contribution in [1.82, 2.24) is 10.8 Å². The molecule has 0 aliphatic carbocycles. The van der Waals surface area contributed by atoms with Gasteiger partial charge in [0.15, 0.2) is 0 Å². The molecule has 0 spiro atoms. The predicted molar refractivity (Wildman–Crippen MR) is 105 cm³/mol. The molecule has 0 radical (unpaired) electrons. The molecule has 2 rings (SSSR count). The van der Waals surface area contributed by atoms with Crippen LogP contribution < -0.4 is 16.5 Å². The summed E-state index contributed by atoms with van der Waals surface area (Å²) in [6, 6.07) is 17.3. The number of aryl methyl sites for hydroxylation is 2. The third-order valence-electron chi connectivity index (χ3n) is 4.36. The standard InChI is InChI=1S/C21H29N3O2/c22-14-2-1-4-17-6-10-19(11-7-17)20-12-8-18(9-13-20)5-3-15-23-21(25)16-24-26/h6-13,24,26H,1-5,14-16,22H2,(H,23,25). The molecule has 0 aliphatic heterocycles. The summed E-state index contributed by atoms with van der Waals surface area (Å²) in [5.74, 6) is -0.200. The molecule has 0 fully saturated rings. The van der Waals surface area contributed by atoms with Gasteiger partial charge in [-0.3, -0.25) is 4.79 Å². The van der Waals surface area contributed by atoms with E-state index in [1.54, 1.807) is 0 Å². The van der Waals surface area contributed by atoms with E-state index in [9.17, 15) is 4.79 Å². The molecular weight excluding hydrogens is 326 g/mol. The van der Waals surface area contributed by atoms with E-state index in [0.717, 1.165) is 38.6 Å². The summed E-state index contributed by atoms with van der Waals surface area (Å²) in [4.78, 5) is 11.2. The van der Waals surface area contributed by atoms with Gasteiger partial charge in [0.25, 0.3) is 0 Å². The van der Waals surface area contributed by atoms with E-state index in [-0.39, 0.29) is 12.5 Å². The smallest absolute Gasteiger partial charge is 0.236 e. The van der Waals surface area contributed by atoms with Crippen LogP contribution in [0.2, 0.25) is 0 Å². The fraction of sp³-hybridized carbons (Fsp3) is 0.381. The van der Waals surface area contributed by atoms with Crippen molar-refractivity contribution in [3.8, 4) is 11.1 Å². The van der Waals surface area contributed by atoms with Crippen molar-refractivity contribution in [2.24, 2.45) is 5.73 Å². The van der Waals surface area contributed by atoms with Crippen LogP contribution in [0.15, 0.2) is 48.5 Å². The largest absolute Gasteiger partial charge is 0.355 e. The molecule has 2 aromatic rings. The third-order valence-corrected chi connectivity index (χ3v) is 4.36. The van der Waals surface area contributed by atoms with Crippen LogP contribution in [-0.2, 0) is 17.6 Å². The van der Waals surface area contributed by atoms with Gasteiger partial charge in [0.1, 0.15) is 0 Å². The molecule has 0 heterocycles. The van der Waals surface area contributed by atoms with Crippen LogP contribution >= 0.6 is 0 Å². The minimum absolute atomic E-state index is 0.0689. The van der Waals surface area contributed by atoms with Crippen LogP contribution in [0.5, 0.6) is 0 Å². The number of hydrogen-bond acceptors (Lipinski definition) is 4. The zero-order valence-electron chi connectivity index (χ0n) is 15.2. The second-order valence-corrected chi connectivity index (χ2v) is 6.43. The number of carbonyl (C=O) groups is 1. The van der Waals surface area contributed by atoms with Crippen LogP contribution in [-0.4, -0.2) is 30.7 Å². The van der Waals surface area contributed by atoms with Crippen molar-refractivity contribution in [2.75, 3.05) is 19.6 Å². The molecule has 1 amide bonds. The van der Waals surface area contributed by atoms with E-state index >= 15 is 0 Å². The molecule has 0 atom stereocenters. The number of carbonyl (C=O) groups excluding carboxylic acids is 1. The summed E-state index contributed by atoms with van der Waals surface area (Å²) in [7, 11) is 0. The van der Waals surface area contributed by atoms with Crippen LogP contribution in [0, 0.1) is 0 Å². The minimum Gasteiger partial charge on any atom is -0.355 e. The maximum Gasteiger partial charge on any atom is 0.236 e. The van der Waals surface area contributed by atoms with Gasteiger partial charge in [-0.15, -0.1) is 0 Å². The van der Waals surface area contributed by atoms with Gasteiger partial charge in [-0.2, -0.15) is 5.48 Å². The number of hydroxylamine groups is 1. The second kappa shape index (κ2) is 11.4. The van der Waals surface area contributed by atoms with Gasteiger partial charge in [-0.25, -0.2) is 0 Å². The lowest BCUT2D eigenvalue weighted by molar-refractivity contribution is -0.121. The molecule has 0 aliphatic rings. The lowest BCUT2D eigenvalue weighted by Crippen LogP contribution is -2.33. The maximum atomic E-state index is 11.2. The average Bonchev–Trinajstić information content (AvgIpc) is 2.67. The Labute approximate surface area is 155 Å². The van der Waals surface area contributed by atoms with Crippen LogP contribution in [0.4, 0.5) is 0 Å². The Morgan fingerprint density at radius 1 is 0.846 bits per heavy atom. The van der Waals surface area contributed by atoms with E-state index in [0.29, 0.717) is 6.54 Å². The van der Waals surface area contributed by atoms with Gasteiger partial charge in [-0.05, 0) is 60.9 Å². The van der Waals surface area contributed by atoms with Crippen molar-refractivity contribution >= 4 is 5.91 Å². The zero-order chi connectivity index (χ0) is 18.6. The third kappa shape index (κ3) is 6.96. The molecular formula is C21H29N3O2. The van der Waals surface area contributed by atoms with Gasteiger partial charge in [-0.1, -0.05) is 48.5 Å². The Balaban J connectivity index is 1.80. The average molecular weight is 355 g/mol. The van der Waals surface area contributed by atoms with Crippen LogP contribution in [0.3, 0.4) is 0 Å². The number of unbranched alkanes of at least 4 members (excludes halogenated alkanes) is 1. The van der Waals surface area contributed by atoms with E-state index in [2.05, 4.69) is 53.8 Å². The molecule has 5 nitrogen and oxygen atoms in total. The SMILES string of the molecule is NCCCCc1ccc(-c2ccc(CCCNC(=O)CNO)cc2)cc1. The first-order chi connectivity index (χ1) is 12.7. The molecule has 0 saturated heterocycles. The van der Waals surface area contributed by atoms with Crippen molar-refractivity contribution in [3.63, 3.8) is 0 Å². The van der Waals surface area contributed by atoms with E-state index in [4.69, 9.17) is 10.9 Å². The first-order valence-corrected chi connectivity index (χ1v) is 9.25. The molecule has 0 unspecified atom stereocenters. The lowest BCUT2D eigenvalue weighted by Gasteiger charge is -2.07. The Morgan fingerprint density at radius 3 is 1.88 bits per heavy atom. The minimum atomic E-state index is -0.200. The molecule has 0 saturated carbocycles. The van der Waals surface area contributed by atoms with Crippen LogP contribution in [0.25, 0.3) is 11.1 Å². The fourth-order valence-electron chi connectivity index (χ4n) is 2.86. The molecule has 0 bridgehead atoms. The van der Waals surface area contributed by atoms with Gasteiger partial charge in [0.05, 0.1) is 6.54 Å². The molecule has 140 valence electrons. The molecule has 5 heteroatoms. The second-order valence-electron chi connectivity index (χ2n) is 6.43. The summed E-state index contributed by atoms with van der Waals surface area (Å²) in [5, 5.41) is 11.2. The molecule has 2 aromatic carbocycles. The first kappa shape index (κ1) is 20.1. The predicted octanol–water partition coefficient (Wildman–Crippen LogP) is 2.66. The Hall–Kier alpha value is -2.21. The van der Waals surface area contributed by atoms with E-state index < -0.39 is 0 Å². The monoisotopic (exact) mass is 355 g/mol. The van der Waals surface area contributed by atoms with Gasteiger partial charge in [0, 0.05) is 6.54 Å². The maximum absolute atomic E-state index is 11.2. The number of nitrogens with one attached hydrogen (secondary N) is 2. The first-order valence-electron chi connectivity index (χ1n) is 9.25. The lowest BCUT2D eigenvalue weighted by atomic mass is 10.00. The summed E-state index contributed by atoms with van der Waals surface area (Å²) in [6.45, 7) is 1.30. The normalized spacial score (nSPS) is 10.7. The summed E-state index contributed by atoms with van der Waals surface area (Å²) < 4.78 is 0. The van der Waals surface area contributed by atoms with Gasteiger partial charge < -0.3 is 16.3 Å². The number of nitrogens with two attached hydrogens (primary N) is 1. The van der Waals surface area contributed by atoms with Gasteiger partial charge in [0.2, 0.25) is 5.91 Å². The van der Waals surface area contributed by atoms with Crippen molar-refractivity contribution < 1.29 is 10.0 Å². The van der Waals surface area contributed by atoms with Gasteiger partial charge >= 0.3 is 0 Å². The molecule has 26 heavy (non-hydrogen) atoms. The highest BCUT2D eigenvalue weighted by molar-refractivity contribution is 5.77. The summed E-state index contributed by atoms with van der Waals surface area (Å²) in [6.07, 6.45) is 5.08. The summed E-state index contributed by atoms with van der Waals surface area (Å²) >= 11 is 0. The van der Waals surface area contributed by atoms with Crippen LogP contribution in [0.1, 0.15) is 30.4 Å². The van der Waals surface area contributed by atoms with Crippen molar-refractivity contribution in [1.29, 1.82) is 0 Å². The van der Waals surface area contributed by atoms with E-state index in [1.807, 2.05) is 5.48 Å². The number of amides is 1. The highest BCUT2D eigenvalue weighted by Gasteiger charge is 2.01. The Bertz CT molecular complexity index is 654. The Morgan fingerprint density at radius 2 is 1.38 bits per heavy atom. The quantitative estimate of drug-likeness (QED) is 0.369. The number of rotatable bonds is 11. The molecule has 5 N–H and O–H groups in total. The zero-order valence-corrected chi connectivity index (χ0v) is 15.2. The number of benzene rings is 2. The number of hydrogen-bond donors (Lipinski definition) is 4. The highest BCUT2D eigenvalue weighted by Crippen LogP contribution is 2.21. The van der Waals surface area contributed by atoms with Crippen molar-refractivity contribution in [3.05, 3.63) is 59.7 Å². The fourth-order valence-corrected chi connectivity index (χ4v) is 2.86. The van der Waals surface area contributed by atoms with Crippen molar-refractivity contribution in [2.45, 2.75) is 32.1 Å². The Kier molecular flexibility index (Phi) is 8.83. The summed E-state index contributed by atoms with van der Waals surface area (Å²) in [5.41, 5.74) is 12.4. The topological polar surface area (TPSA) is 87.4 Å². The van der Waals surface area contributed by atoms with E-state index in [1.165, 1.54) is 22.3 Å². The molecule has 0 aromatic heterocycles. The highest BCUT2D eigenvalue weighted by atomic mass is 16.5.